The van der Waals surface area contributed by atoms with Gasteiger partial charge in [-0.05, 0) is 48.2 Å². The third kappa shape index (κ3) is 4.50. The number of aromatic nitrogens is 5. The maximum absolute atomic E-state index is 14.6. The van der Waals surface area contributed by atoms with Crippen molar-refractivity contribution in [1.82, 2.24) is 25.1 Å². The van der Waals surface area contributed by atoms with E-state index < -0.39 is 6.23 Å². The van der Waals surface area contributed by atoms with Gasteiger partial charge in [-0.3, -0.25) is 15.1 Å². The number of H-pyrrole nitrogens is 2. The molecule has 0 aliphatic heterocycles. The van der Waals surface area contributed by atoms with Crippen molar-refractivity contribution in [3.8, 4) is 33.8 Å². The van der Waals surface area contributed by atoms with E-state index in [-0.39, 0.29) is 5.82 Å². The zero-order valence-corrected chi connectivity index (χ0v) is 21.0. The maximum atomic E-state index is 14.6. The van der Waals surface area contributed by atoms with Crippen LogP contribution in [0.4, 0.5) is 10.1 Å². The van der Waals surface area contributed by atoms with Crippen LogP contribution in [0.3, 0.4) is 0 Å². The lowest BCUT2D eigenvalue weighted by Crippen LogP contribution is -2.20. The summed E-state index contributed by atoms with van der Waals surface area (Å²) in [7, 11) is 0. The van der Waals surface area contributed by atoms with Crippen LogP contribution in [0, 0.1) is 11.7 Å². The minimum absolute atomic E-state index is 0.259. The van der Waals surface area contributed by atoms with Crippen molar-refractivity contribution >= 4 is 27.5 Å². The zero-order chi connectivity index (χ0) is 26.2. The standard InChI is InChI=1S/C30H27FN6O/c1-17(2)10-29(38)34-19-11-18(14-32-15-19)26-13-23-28(16-33-26)36-37-30(23)27-12-22-20(7-5-9-25(22)35-27)21-6-3-4-8-24(21)31/h3-9,11-17,29,34-35,38H,10H2,1-2H3,(H,36,37). The van der Waals surface area contributed by atoms with E-state index in [1.165, 1.54) is 6.07 Å². The Kier molecular flexibility index (Phi) is 6.09. The third-order valence-corrected chi connectivity index (χ3v) is 6.59. The number of aliphatic hydroxyl groups excluding tert-OH is 1. The fourth-order valence-corrected chi connectivity index (χ4v) is 4.83. The highest BCUT2D eigenvalue weighted by Crippen LogP contribution is 2.35. The van der Waals surface area contributed by atoms with Crippen molar-refractivity contribution in [1.29, 1.82) is 0 Å². The van der Waals surface area contributed by atoms with E-state index in [1.807, 2.05) is 42.5 Å². The molecule has 0 saturated carbocycles. The number of aromatic amines is 2. The molecule has 0 radical (unpaired) electrons. The van der Waals surface area contributed by atoms with E-state index in [1.54, 1.807) is 30.7 Å². The average Bonchev–Trinajstić information content (AvgIpc) is 3.52. The molecule has 6 aromatic rings. The molecule has 4 N–H and O–H groups in total. The Hall–Kier alpha value is -4.56. The van der Waals surface area contributed by atoms with Crippen LogP contribution in [-0.4, -0.2) is 36.5 Å². The number of fused-ring (bicyclic) bond motifs is 2. The van der Waals surface area contributed by atoms with Gasteiger partial charge in [0.25, 0.3) is 0 Å². The minimum atomic E-state index is -0.653. The van der Waals surface area contributed by atoms with E-state index in [0.717, 1.165) is 55.7 Å². The number of rotatable bonds is 7. The smallest absolute Gasteiger partial charge is 0.131 e. The third-order valence-electron chi connectivity index (χ3n) is 6.59. The molecule has 0 bridgehead atoms. The molecule has 0 saturated heterocycles. The summed E-state index contributed by atoms with van der Waals surface area (Å²) in [6.07, 6.45) is 5.17. The quantitative estimate of drug-likeness (QED) is 0.179. The summed E-state index contributed by atoms with van der Waals surface area (Å²) in [4.78, 5) is 12.4. The first-order valence-electron chi connectivity index (χ1n) is 12.6. The van der Waals surface area contributed by atoms with Crippen LogP contribution in [0.2, 0.25) is 0 Å². The lowest BCUT2D eigenvalue weighted by atomic mass is 10.0. The van der Waals surface area contributed by atoms with Gasteiger partial charge in [-0.15, -0.1) is 0 Å². The van der Waals surface area contributed by atoms with Gasteiger partial charge in [-0.1, -0.05) is 44.2 Å². The number of hydrogen-bond acceptors (Lipinski definition) is 5. The molecule has 38 heavy (non-hydrogen) atoms. The predicted octanol–water partition coefficient (Wildman–Crippen LogP) is 6.75. The van der Waals surface area contributed by atoms with Gasteiger partial charge >= 0.3 is 0 Å². The van der Waals surface area contributed by atoms with Gasteiger partial charge < -0.3 is 15.4 Å². The molecule has 4 aromatic heterocycles. The lowest BCUT2D eigenvalue weighted by Gasteiger charge is -2.16. The number of benzene rings is 2. The van der Waals surface area contributed by atoms with Gasteiger partial charge in [0.15, 0.2) is 0 Å². The van der Waals surface area contributed by atoms with Crippen LogP contribution in [0.15, 0.2) is 79.3 Å². The fourth-order valence-electron chi connectivity index (χ4n) is 4.83. The number of aliphatic hydroxyl groups is 1. The number of hydrogen-bond donors (Lipinski definition) is 4. The monoisotopic (exact) mass is 506 g/mol. The Bertz CT molecular complexity index is 1750. The van der Waals surface area contributed by atoms with Crippen LogP contribution < -0.4 is 5.32 Å². The molecule has 2 aromatic carbocycles. The SMILES string of the molecule is CC(C)CC(O)Nc1cncc(-c2cc3c(-c4cc5c(-c6ccccc6F)cccc5[nH]4)n[nH]c3cn2)c1. The van der Waals surface area contributed by atoms with Crippen molar-refractivity contribution < 1.29 is 9.50 Å². The molecular weight excluding hydrogens is 479 g/mol. The Labute approximate surface area is 218 Å². The van der Waals surface area contributed by atoms with Crippen LogP contribution in [0.5, 0.6) is 0 Å². The molecule has 7 nitrogen and oxygen atoms in total. The summed E-state index contributed by atoms with van der Waals surface area (Å²) < 4.78 is 14.6. The molecular formula is C30H27FN6O. The van der Waals surface area contributed by atoms with Gasteiger partial charge in [0.1, 0.15) is 17.7 Å². The Balaban J connectivity index is 1.38. The summed E-state index contributed by atoms with van der Waals surface area (Å²) >= 11 is 0. The van der Waals surface area contributed by atoms with Gasteiger partial charge in [-0.25, -0.2) is 4.39 Å². The first kappa shape index (κ1) is 23.8. The molecule has 1 atom stereocenters. The van der Waals surface area contributed by atoms with Gasteiger partial charge in [-0.2, -0.15) is 5.10 Å². The second-order valence-electron chi connectivity index (χ2n) is 9.87. The largest absolute Gasteiger partial charge is 0.374 e. The van der Waals surface area contributed by atoms with Crippen molar-refractivity contribution in [3.05, 3.63) is 85.1 Å². The number of halogens is 1. The first-order chi connectivity index (χ1) is 18.5. The van der Waals surface area contributed by atoms with Gasteiger partial charge in [0.05, 0.1) is 35.0 Å². The summed E-state index contributed by atoms with van der Waals surface area (Å²) in [5.41, 5.74) is 6.91. The van der Waals surface area contributed by atoms with Crippen molar-refractivity contribution in [3.63, 3.8) is 0 Å². The molecule has 0 aliphatic carbocycles. The molecule has 0 aliphatic rings. The van der Waals surface area contributed by atoms with E-state index in [2.05, 4.69) is 44.3 Å². The van der Waals surface area contributed by atoms with Crippen molar-refractivity contribution in [2.45, 2.75) is 26.5 Å². The molecule has 0 spiro atoms. The Morgan fingerprint density at radius 3 is 2.61 bits per heavy atom. The highest BCUT2D eigenvalue weighted by Gasteiger charge is 2.16. The minimum Gasteiger partial charge on any atom is -0.374 e. The van der Waals surface area contributed by atoms with Crippen LogP contribution in [-0.2, 0) is 0 Å². The van der Waals surface area contributed by atoms with E-state index in [4.69, 9.17) is 0 Å². The van der Waals surface area contributed by atoms with Crippen molar-refractivity contribution in [2.24, 2.45) is 5.92 Å². The van der Waals surface area contributed by atoms with Crippen molar-refractivity contribution in [2.75, 3.05) is 5.32 Å². The number of anilines is 1. The molecule has 6 rings (SSSR count). The average molecular weight is 507 g/mol. The molecule has 190 valence electrons. The summed E-state index contributed by atoms with van der Waals surface area (Å²) in [6.45, 7) is 4.13. The summed E-state index contributed by atoms with van der Waals surface area (Å²) in [6, 6.07) is 18.5. The van der Waals surface area contributed by atoms with E-state index in [9.17, 15) is 9.50 Å². The Morgan fingerprint density at radius 2 is 1.76 bits per heavy atom. The summed E-state index contributed by atoms with van der Waals surface area (Å²) in [5, 5.41) is 22.8. The van der Waals surface area contributed by atoms with E-state index in [0.29, 0.717) is 17.9 Å². The lowest BCUT2D eigenvalue weighted by molar-refractivity contribution is 0.176. The maximum Gasteiger partial charge on any atom is 0.131 e. The van der Waals surface area contributed by atoms with E-state index >= 15 is 0 Å². The highest BCUT2D eigenvalue weighted by atomic mass is 19.1. The zero-order valence-electron chi connectivity index (χ0n) is 21.0. The second kappa shape index (κ2) is 9.72. The summed E-state index contributed by atoms with van der Waals surface area (Å²) in [5.74, 6) is 0.107. The van der Waals surface area contributed by atoms with Crippen LogP contribution in [0.1, 0.15) is 20.3 Å². The molecule has 8 heteroatoms. The Morgan fingerprint density at radius 1 is 0.921 bits per heavy atom. The molecule has 1 unspecified atom stereocenters. The first-order valence-corrected chi connectivity index (χ1v) is 12.6. The molecule has 0 amide bonds. The van der Waals surface area contributed by atoms with Gasteiger partial charge in [0, 0.05) is 33.6 Å². The molecule has 0 fully saturated rings. The number of pyridine rings is 2. The van der Waals surface area contributed by atoms with Gasteiger partial charge in [0.2, 0.25) is 0 Å². The fraction of sp³-hybridized carbons (Fsp3) is 0.167. The normalized spacial score (nSPS) is 12.4. The second-order valence-corrected chi connectivity index (χ2v) is 9.87. The predicted molar refractivity (Wildman–Crippen MR) is 149 cm³/mol. The van der Waals surface area contributed by atoms with Crippen LogP contribution >= 0.6 is 0 Å². The highest BCUT2D eigenvalue weighted by molar-refractivity contribution is 6.01. The number of nitrogens with zero attached hydrogens (tertiary/aromatic N) is 3. The molecule has 4 heterocycles. The topological polar surface area (TPSA) is 103 Å². The van der Waals surface area contributed by atoms with Crippen LogP contribution in [0.25, 0.3) is 55.6 Å². The number of nitrogens with one attached hydrogen (secondary N) is 3.